The van der Waals surface area contributed by atoms with Crippen molar-refractivity contribution < 1.29 is 9.53 Å². The fraction of sp³-hybridized carbons (Fsp3) is 0.500. The highest BCUT2D eigenvalue weighted by atomic mass is 16.5. The summed E-state index contributed by atoms with van der Waals surface area (Å²) in [5.74, 6) is 0.637. The second kappa shape index (κ2) is 6.85. The second-order valence-electron chi connectivity index (χ2n) is 3.84. The summed E-state index contributed by atoms with van der Waals surface area (Å²) >= 11 is 0. The Kier molecular flexibility index (Phi) is 5.42. The number of aromatic nitrogens is 1. The molecule has 2 N–H and O–H groups in total. The number of anilines is 1. The van der Waals surface area contributed by atoms with Crippen LogP contribution in [-0.4, -0.2) is 37.7 Å². The first-order valence-corrected chi connectivity index (χ1v) is 5.61. The van der Waals surface area contributed by atoms with E-state index in [1.807, 2.05) is 6.92 Å². The lowest BCUT2D eigenvalue weighted by atomic mass is 10.2. The number of amides is 1. The Labute approximate surface area is 102 Å². The van der Waals surface area contributed by atoms with E-state index in [1.54, 1.807) is 32.5 Å². The summed E-state index contributed by atoms with van der Waals surface area (Å²) in [6, 6.07) is 3.61. The van der Waals surface area contributed by atoms with Crippen molar-refractivity contribution in [3.8, 4) is 0 Å². The van der Waals surface area contributed by atoms with Crippen LogP contribution in [-0.2, 0) is 4.74 Å². The van der Waals surface area contributed by atoms with Crippen molar-refractivity contribution in [1.82, 2.24) is 10.3 Å². The number of hydrogen-bond acceptors (Lipinski definition) is 4. The first-order valence-electron chi connectivity index (χ1n) is 5.61. The summed E-state index contributed by atoms with van der Waals surface area (Å²) < 4.78 is 4.96. The molecule has 0 saturated heterocycles. The number of rotatable bonds is 6. The van der Waals surface area contributed by atoms with Crippen LogP contribution < -0.4 is 10.6 Å². The standard InChI is InChI=1S/C12H19N3O2/c1-9(6-7-17-3)15-12(16)10-4-5-11(13-2)14-8-10/h4-5,8-9H,6-7H2,1-3H3,(H,13,14)(H,15,16). The van der Waals surface area contributed by atoms with Gasteiger partial charge >= 0.3 is 0 Å². The zero-order chi connectivity index (χ0) is 12.7. The van der Waals surface area contributed by atoms with E-state index in [4.69, 9.17) is 4.74 Å². The summed E-state index contributed by atoms with van der Waals surface area (Å²) in [4.78, 5) is 15.9. The van der Waals surface area contributed by atoms with E-state index >= 15 is 0 Å². The number of carbonyl (C=O) groups is 1. The lowest BCUT2D eigenvalue weighted by Gasteiger charge is -2.13. The Morgan fingerprint density at radius 3 is 2.82 bits per heavy atom. The van der Waals surface area contributed by atoms with Crippen molar-refractivity contribution in [1.29, 1.82) is 0 Å². The lowest BCUT2D eigenvalue weighted by molar-refractivity contribution is 0.0929. The minimum Gasteiger partial charge on any atom is -0.385 e. The van der Waals surface area contributed by atoms with Gasteiger partial charge in [0.05, 0.1) is 5.56 Å². The van der Waals surface area contributed by atoms with Gasteiger partial charge in [0.15, 0.2) is 0 Å². The number of methoxy groups -OCH3 is 1. The average molecular weight is 237 g/mol. The summed E-state index contributed by atoms with van der Waals surface area (Å²) in [5.41, 5.74) is 0.563. The molecular formula is C12H19N3O2. The van der Waals surface area contributed by atoms with E-state index in [0.717, 1.165) is 12.2 Å². The molecule has 1 aromatic rings. The molecule has 0 bridgehead atoms. The van der Waals surface area contributed by atoms with Crippen LogP contribution in [0.4, 0.5) is 5.82 Å². The van der Waals surface area contributed by atoms with E-state index in [1.165, 1.54) is 0 Å². The van der Waals surface area contributed by atoms with Crippen LogP contribution >= 0.6 is 0 Å². The molecule has 5 nitrogen and oxygen atoms in total. The second-order valence-corrected chi connectivity index (χ2v) is 3.84. The van der Waals surface area contributed by atoms with Gasteiger partial charge in [-0.25, -0.2) is 4.98 Å². The Hall–Kier alpha value is -1.62. The minimum atomic E-state index is -0.108. The molecule has 1 unspecified atom stereocenters. The smallest absolute Gasteiger partial charge is 0.253 e. The van der Waals surface area contributed by atoms with E-state index in [9.17, 15) is 4.79 Å². The fourth-order valence-corrected chi connectivity index (χ4v) is 1.35. The molecule has 0 aliphatic heterocycles. The van der Waals surface area contributed by atoms with E-state index in [-0.39, 0.29) is 11.9 Å². The van der Waals surface area contributed by atoms with Crippen molar-refractivity contribution in [2.75, 3.05) is 26.1 Å². The average Bonchev–Trinajstić information content (AvgIpc) is 2.36. The number of hydrogen-bond donors (Lipinski definition) is 2. The van der Waals surface area contributed by atoms with Crippen LogP contribution in [0.3, 0.4) is 0 Å². The first kappa shape index (κ1) is 13.4. The van der Waals surface area contributed by atoms with Crippen molar-refractivity contribution >= 4 is 11.7 Å². The van der Waals surface area contributed by atoms with E-state index < -0.39 is 0 Å². The molecule has 0 radical (unpaired) electrons. The summed E-state index contributed by atoms with van der Waals surface area (Å²) in [6.45, 7) is 2.59. The molecule has 0 saturated carbocycles. The number of carbonyl (C=O) groups excluding carboxylic acids is 1. The van der Waals surface area contributed by atoms with Crippen molar-refractivity contribution in [3.63, 3.8) is 0 Å². The zero-order valence-electron chi connectivity index (χ0n) is 10.5. The number of nitrogens with zero attached hydrogens (tertiary/aromatic N) is 1. The maximum absolute atomic E-state index is 11.8. The third-order valence-corrected chi connectivity index (χ3v) is 2.41. The molecule has 5 heteroatoms. The Morgan fingerprint density at radius 2 is 2.29 bits per heavy atom. The van der Waals surface area contributed by atoms with E-state index in [2.05, 4.69) is 15.6 Å². The van der Waals surface area contributed by atoms with Gasteiger partial charge in [0.2, 0.25) is 0 Å². The summed E-state index contributed by atoms with van der Waals surface area (Å²) in [7, 11) is 3.43. The molecule has 0 spiro atoms. The largest absolute Gasteiger partial charge is 0.385 e. The molecule has 0 fully saturated rings. The highest BCUT2D eigenvalue weighted by Gasteiger charge is 2.09. The highest BCUT2D eigenvalue weighted by molar-refractivity contribution is 5.94. The van der Waals surface area contributed by atoms with Crippen LogP contribution in [0, 0.1) is 0 Å². The molecular weight excluding hydrogens is 218 g/mol. The van der Waals surface area contributed by atoms with Crippen molar-refractivity contribution in [3.05, 3.63) is 23.9 Å². The maximum atomic E-state index is 11.8. The van der Waals surface area contributed by atoms with Crippen LogP contribution in [0.25, 0.3) is 0 Å². The topological polar surface area (TPSA) is 63.2 Å². The third-order valence-electron chi connectivity index (χ3n) is 2.41. The van der Waals surface area contributed by atoms with Gasteiger partial charge in [0.1, 0.15) is 5.82 Å². The highest BCUT2D eigenvalue weighted by Crippen LogP contribution is 2.04. The maximum Gasteiger partial charge on any atom is 0.253 e. The molecule has 0 aromatic carbocycles. The van der Waals surface area contributed by atoms with Crippen LogP contribution in [0.15, 0.2) is 18.3 Å². The van der Waals surface area contributed by atoms with Crippen LogP contribution in [0.2, 0.25) is 0 Å². The van der Waals surface area contributed by atoms with Crippen molar-refractivity contribution in [2.45, 2.75) is 19.4 Å². The monoisotopic (exact) mass is 237 g/mol. The molecule has 1 atom stereocenters. The molecule has 94 valence electrons. The first-order chi connectivity index (χ1) is 8.17. The van der Waals surface area contributed by atoms with Crippen LogP contribution in [0.5, 0.6) is 0 Å². The molecule has 1 amide bonds. The van der Waals surface area contributed by atoms with Gasteiger partial charge in [0.25, 0.3) is 5.91 Å². The predicted octanol–water partition coefficient (Wildman–Crippen LogP) is 1.28. The van der Waals surface area contributed by atoms with Gasteiger partial charge in [-0.1, -0.05) is 0 Å². The summed E-state index contributed by atoms with van der Waals surface area (Å²) in [6.07, 6.45) is 2.36. The quantitative estimate of drug-likeness (QED) is 0.782. The van der Waals surface area contributed by atoms with Crippen LogP contribution in [0.1, 0.15) is 23.7 Å². The van der Waals surface area contributed by atoms with Gasteiger partial charge in [-0.15, -0.1) is 0 Å². The molecule has 0 aliphatic carbocycles. The Balaban J connectivity index is 2.51. The molecule has 1 heterocycles. The van der Waals surface area contributed by atoms with Gasteiger partial charge in [-0.05, 0) is 25.5 Å². The molecule has 17 heavy (non-hydrogen) atoms. The Bertz CT molecular complexity index is 351. The van der Waals surface area contributed by atoms with E-state index in [0.29, 0.717) is 12.2 Å². The predicted molar refractivity (Wildman–Crippen MR) is 67.2 cm³/mol. The van der Waals surface area contributed by atoms with Gasteiger partial charge in [-0.3, -0.25) is 4.79 Å². The zero-order valence-corrected chi connectivity index (χ0v) is 10.5. The Morgan fingerprint density at radius 1 is 1.53 bits per heavy atom. The molecule has 1 rings (SSSR count). The van der Waals surface area contributed by atoms with Gasteiger partial charge in [-0.2, -0.15) is 0 Å². The van der Waals surface area contributed by atoms with Gasteiger partial charge in [0, 0.05) is 33.0 Å². The fourth-order valence-electron chi connectivity index (χ4n) is 1.35. The number of nitrogens with one attached hydrogen (secondary N) is 2. The SMILES string of the molecule is CNc1ccc(C(=O)NC(C)CCOC)cn1. The molecule has 0 aliphatic rings. The van der Waals surface area contributed by atoms with Gasteiger partial charge < -0.3 is 15.4 Å². The minimum absolute atomic E-state index is 0.0893. The number of pyridine rings is 1. The third kappa shape index (κ3) is 4.40. The summed E-state index contributed by atoms with van der Waals surface area (Å²) in [5, 5.41) is 5.79. The lowest BCUT2D eigenvalue weighted by Crippen LogP contribution is -2.33. The normalized spacial score (nSPS) is 11.9. The molecule has 1 aromatic heterocycles. The van der Waals surface area contributed by atoms with Crippen molar-refractivity contribution in [2.24, 2.45) is 0 Å². The number of ether oxygens (including phenoxy) is 1.